The molecule has 0 aliphatic heterocycles. The van der Waals surface area contributed by atoms with Crippen LogP contribution in [0.2, 0.25) is 0 Å². The maximum Gasteiger partial charge on any atom is 0.422 e. The molecule has 0 amide bonds. The van der Waals surface area contributed by atoms with E-state index < -0.39 is 33.7 Å². The number of ether oxygens (including phenoxy) is 1. The fourth-order valence-corrected chi connectivity index (χ4v) is 1.41. The lowest BCUT2D eigenvalue weighted by atomic mass is 10.4. The summed E-state index contributed by atoms with van der Waals surface area (Å²) in [5, 5.41) is -0.945. The van der Waals surface area contributed by atoms with Crippen LogP contribution >= 0.6 is 0 Å². The van der Waals surface area contributed by atoms with Gasteiger partial charge in [0.2, 0.25) is 5.03 Å². The Morgan fingerprint density at radius 1 is 1.44 bits per heavy atom. The van der Waals surface area contributed by atoms with Crippen molar-refractivity contribution in [3.05, 3.63) is 18.3 Å². The summed E-state index contributed by atoms with van der Waals surface area (Å²) in [6.07, 6.45) is -3.60. The van der Waals surface area contributed by atoms with Crippen LogP contribution in [0.4, 0.5) is 13.2 Å². The topological polar surface area (TPSA) is 76.5 Å². The molecule has 1 N–H and O–H groups in total. The van der Waals surface area contributed by atoms with E-state index in [4.69, 9.17) is 4.55 Å². The van der Waals surface area contributed by atoms with Crippen molar-refractivity contribution >= 4 is 10.1 Å². The van der Waals surface area contributed by atoms with Gasteiger partial charge in [-0.1, -0.05) is 0 Å². The maximum absolute atomic E-state index is 11.8. The summed E-state index contributed by atoms with van der Waals surface area (Å²) in [6, 6.07) is 2.14. The number of hydrogen-bond acceptors (Lipinski definition) is 4. The Hall–Kier alpha value is -1.35. The Bertz CT molecular complexity index is 471. The van der Waals surface area contributed by atoms with Crippen LogP contribution in [0.3, 0.4) is 0 Å². The van der Waals surface area contributed by atoms with Crippen molar-refractivity contribution < 1.29 is 30.9 Å². The van der Waals surface area contributed by atoms with Crippen molar-refractivity contribution in [1.82, 2.24) is 4.98 Å². The first kappa shape index (κ1) is 12.7. The molecule has 9 heteroatoms. The smallest absolute Gasteiger partial charge is 0.422 e. The maximum atomic E-state index is 11.8. The van der Waals surface area contributed by atoms with Crippen LogP contribution in [0.1, 0.15) is 0 Å². The molecule has 0 spiro atoms. The number of pyridine rings is 1. The number of halogens is 3. The average molecular weight is 257 g/mol. The molecule has 0 unspecified atom stereocenters. The zero-order chi connectivity index (χ0) is 12.4. The van der Waals surface area contributed by atoms with Crippen molar-refractivity contribution in [3.63, 3.8) is 0 Å². The molecular formula is C7H6F3NO4S. The zero-order valence-electron chi connectivity index (χ0n) is 7.60. The lowest BCUT2D eigenvalue weighted by Gasteiger charge is -2.10. The van der Waals surface area contributed by atoms with Gasteiger partial charge in [-0.25, -0.2) is 4.98 Å². The summed E-state index contributed by atoms with van der Waals surface area (Å²) >= 11 is 0. The predicted molar refractivity (Wildman–Crippen MR) is 45.6 cm³/mol. The Morgan fingerprint density at radius 3 is 2.56 bits per heavy atom. The monoisotopic (exact) mass is 257 g/mol. The first-order valence-electron chi connectivity index (χ1n) is 3.82. The van der Waals surface area contributed by atoms with Crippen LogP contribution in [0.15, 0.2) is 23.4 Å². The van der Waals surface area contributed by atoms with Crippen LogP contribution in [0.25, 0.3) is 0 Å². The third-order valence-corrected chi connectivity index (χ3v) is 2.17. The van der Waals surface area contributed by atoms with E-state index in [9.17, 15) is 21.6 Å². The second-order valence-electron chi connectivity index (χ2n) is 2.69. The fraction of sp³-hybridized carbons (Fsp3) is 0.286. The van der Waals surface area contributed by atoms with E-state index in [0.29, 0.717) is 0 Å². The van der Waals surface area contributed by atoms with E-state index in [1.807, 2.05) is 0 Å². The third-order valence-electron chi connectivity index (χ3n) is 1.37. The van der Waals surface area contributed by atoms with E-state index in [-0.39, 0.29) is 0 Å². The SMILES string of the molecule is O=S(=O)(O)c1ncccc1OCC(F)(F)F. The van der Waals surface area contributed by atoms with Crippen molar-refractivity contribution in [2.24, 2.45) is 0 Å². The summed E-state index contributed by atoms with van der Waals surface area (Å²) in [6.45, 7) is -1.67. The predicted octanol–water partition coefficient (Wildman–Crippen LogP) is 1.27. The van der Waals surface area contributed by atoms with Crippen molar-refractivity contribution in [2.45, 2.75) is 11.2 Å². The summed E-state index contributed by atoms with van der Waals surface area (Å²) < 4.78 is 69.7. The quantitative estimate of drug-likeness (QED) is 0.825. The molecule has 0 fully saturated rings. The minimum absolute atomic E-state index is 0.651. The van der Waals surface area contributed by atoms with E-state index in [0.717, 1.165) is 12.3 Å². The first-order chi connectivity index (χ1) is 7.20. The number of aromatic nitrogens is 1. The highest BCUT2D eigenvalue weighted by Gasteiger charge is 2.30. The molecule has 0 bridgehead atoms. The van der Waals surface area contributed by atoms with Crippen molar-refractivity contribution in [3.8, 4) is 5.75 Å². The minimum atomic E-state index is -4.70. The Labute approximate surface area is 88.6 Å². The minimum Gasteiger partial charge on any atom is -0.481 e. The van der Waals surface area contributed by atoms with Crippen molar-refractivity contribution in [2.75, 3.05) is 6.61 Å². The number of alkyl halides is 3. The largest absolute Gasteiger partial charge is 0.481 e. The molecule has 16 heavy (non-hydrogen) atoms. The molecule has 0 aromatic carbocycles. The third kappa shape index (κ3) is 3.66. The molecule has 1 aromatic heterocycles. The molecular weight excluding hydrogens is 251 g/mol. The molecule has 90 valence electrons. The van der Waals surface area contributed by atoms with Gasteiger partial charge in [-0.05, 0) is 12.1 Å². The summed E-state index contributed by atoms with van der Waals surface area (Å²) in [4.78, 5) is 3.22. The Morgan fingerprint density at radius 2 is 2.06 bits per heavy atom. The van der Waals surface area contributed by atoms with Gasteiger partial charge in [-0.15, -0.1) is 0 Å². The Kier molecular flexibility index (Phi) is 3.38. The second-order valence-corrected chi connectivity index (χ2v) is 4.02. The molecule has 1 rings (SSSR count). The molecule has 1 aromatic rings. The standard InChI is InChI=1S/C7H6F3NO4S/c8-7(9,10)4-15-5-2-1-3-11-6(5)16(12,13)14/h1-3H,4H2,(H,12,13,14). The van der Waals surface area contributed by atoms with Gasteiger partial charge in [0.1, 0.15) is 0 Å². The molecule has 5 nitrogen and oxygen atoms in total. The number of hydrogen-bond donors (Lipinski definition) is 1. The van der Waals surface area contributed by atoms with Crippen LogP contribution in [0, 0.1) is 0 Å². The van der Waals surface area contributed by atoms with Gasteiger partial charge in [0, 0.05) is 6.20 Å². The van der Waals surface area contributed by atoms with Gasteiger partial charge in [0.05, 0.1) is 0 Å². The van der Waals surface area contributed by atoms with Crippen LogP contribution in [0.5, 0.6) is 5.75 Å². The highest BCUT2D eigenvalue weighted by molar-refractivity contribution is 7.85. The molecule has 0 saturated heterocycles. The zero-order valence-corrected chi connectivity index (χ0v) is 8.42. The normalized spacial score (nSPS) is 12.5. The van der Waals surface area contributed by atoms with Gasteiger partial charge >= 0.3 is 16.3 Å². The van der Waals surface area contributed by atoms with Crippen molar-refractivity contribution in [1.29, 1.82) is 0 Å². The second kappa shape index (κ2) is 4.26. The molecule has 0 aliphatic carbocycles. The van der Waals surface area contributed by atoms with Crippen LogP contribution < -0.4 is 4.74 Å². The molecule has 0 saturated carbocycles. The fourth-order valence-electron chi connectivity index (χ4n) is 0.839. The first-order valence-corrected chi connectivity index (χ1v) is 5.26. The Balaban J connectivity index is 2.97. The van der Waals surface area contributed by atoms with E-state index in [1.54, 1.807) is 0 Å². The molecule has 0 radical (unpaired) electrons. The van der Waals surface area contributed by atoms with E-state index >= 15 is 0 Å². The van der Waals surface area contributed by atoms with Gasteiger partial charge in [0.25, 0.3) is 0 Å². The summed E-state index contributed by atoms with van der Waals surface area (Å²) in [7, 11) is -4.70. The lowest BCUT2D eigenvalue weighted by Crippen LogP contribution is -2.20. The summed E-state index contributed by atoms with van der Waals surface area (Å²) in [5.41, 5.74) is 0. The number of rotatable bonds is 3. The molecule has 1 heterocycles. The van der Waals surface area contributed by atoms with Crippen LogP contribution in [-0.4, -0.2) is 30.7 Å². The average Bonchev–Trinajstić information content (AvgIpc) is 2.12. The lowest BCUT2D eigenvalue weighted by molar-refractivity contribution is -0.153. The van der Waals surface area contributed by atoms with Gasteiger partial charge in [0.15, 0.2) is 12.4 Å². The highest BCUT2D eigenvalue weighted by atomic mass is 32.2. The summed E-state index contributed by atoms with van der Waals surface area (Å²) in [5.74, 6) is -0.651. The molecule has 0 aliphatic rings. The van der Waals surface area contributed by atoms with Gasteiger partial charge in [-0.2, -0.15) is 21.6 Å². The van der Waals surface area contributed by atoms with Crippen LogP contribution in [-0.2, 0) is 10.1 Å². The number of nitrogens with zero attached hydrogens (tertiary/aromatic N) is 1. The van der Waals surface area contributed by atoms with E-state index in [2.05, 4.69) is 9.72 Å². The van der Waals surface area contributed by atoms with Gasteiger partial charge in [-0.3, -0.25) is 4.55 Å². The van der Waals surface area contributed by atoms with E-state index in [1.165, 1.54) is 6.07 Å². The van der Waals surface area contributed by atoms with Gasteiger partial charge < -0.3 is 4.74 Å². The highest BCUT2D eigenvalue weighted by Crippen LogP contribution is 2.23. The molecule has 0 atom stereocenters.